The van der Waals surface area contributed by atoms with Crippen molar-refractivity contribution in [2.24, 2.45) is 0 Å². The van der Waals surface area contributed by atoms with Crippen LogP contribution in [0.2, 0.25) is 5.02 Å². The van der Waals surface area contributed by atoms with Gasteiger partial charge < -0.3 is 10.1 Å². The number of amides is 1. The van der Waals surface area contributed by atoms with Gasteiger partial charge >= 0.3 is 6.18 Å². The van der Waals surface area contributed by atoms with Crippen LogP contribution < -0.4 is 10.1 Å². The fourth-order valence-electron chi connectivity index (χ4n) is 3.59. The van der Waals surface area contributed by atoms with Gasteiger partial charge in [-0.15, -0.1) is 0 Å². The largest absolute Gasteiger partial charge is 0.462 e. The number of alkyl halides is 4. The number of nitrogens with zero attached hydrogens (tertiary/aromatic N) is 3. The molecule has 1 amide bonds. The van der Waals surface area contributed by atoms with Crippen molar-refractivity contribution >= 4 is 40.1 Å². The highest BCUT2D eigenvalue weighted by Crippen LogP contribution is 2.30. The lowest BCUT2D eigenvalue weighted by Crippen LogP contribution is -2.52. The molecule has 3 aromatic rings. The molecule has 3 rings (SSSR count). The molecule has 0 spiro atoms. The smallest absolute Gasteiger partial charge is 0.417 e. The first-order chi connectivity index (χ1) is 17.4. The Kier molecular flexibility index (Phi) is 9.36. The van der Waals surface area contributed by atoms with Crippen LogP contribution in [-0.4, -0.2) is 31.9 Å². The fraction of sp³-hybridized carbons (Fsp3) is 0.308. The van der Waals surface area contributed by atoms with E-state index < -0.39 is 23.2 Å². The maximum Gasteiger partial charge on any atom is 0.417 e. The van der Waals surface area contributed by atoms with E-state index in [0.717, 1.165) is 23.4 Å². The topological polar surface area (TPSA) is 87.9 Å². The molecule has 0 fully saturated rings. The molecule has 2 atom stereocenters. The molecule has 2 unspecified atom stereocenters. The van der Waals surface area contributed by atoms with Crippen LogP contribution in [0.4, 0.5) is 13.2 Å². The van der Waals surface area contributed by atoms with Gasteiger partial charge in [-0.2, -0.15) is 18.4 Å². The van der Waals surface area contributed by atoms with Gasteiger partial charge in [-0.1, -0.05) is 46.3 Å². The van der Waals surface area contributed by atoms with Gasteiger partial charge in [0.15, 0.2) is 5.60 Å². The molecule has 1 aromatic carbocycles. The Hall–Kier alpha value is -2.91. The summed E-state index contributed by atoms with van der Waals surface area (Å²) in [6.07, 6.45) is -1.86. The average molecular weight is 643 g/mol. The van der Waals surface area contributed by atoms with Crippen molar-refractivity contribution in [3.05, 3.63) is 88.3 Å². The molecule has 11 heteroatoms. The minimum absolute atomic E-state index is 0.109. The van der Waals surface area contributed by atoms with E-state index in [0.29, 0.717) is 27.6 Å². The number of rotatable bonds is 9. The summed E-state index contributed by atoms with van der Waals surface area (Å²) < 4.78 is 44.7. The van der Waals surface area contributed by atoms with Crippen LogP contribution in [0.15, 0.2) is 60.9 Å². The van der Waals surface area contributed by atoms with E-state index in [-0.39, 0.29) is 17.8 Å². The van der Waals surface area contributed by atoms with Crippen molar-refractivity contribution in [2.45, 2.75) is 44.0 Å². The molecule has 0 saturated carbocycles. The predicted octanol–water partition coefficient (Wildman–Crippen LogP) is 6.12. The number of nitriles is 1. The monoisotopic (exact) mass is 642 g/mol. The predicted molar refractivity (Wildman–Crippen MR) is 142 cm³/mol. The van der Waals surface area contributed by atoms with Crippen LogP contribution in [0.25, 0.3) is 0 Å². The molecule has 6 nitrogen and oxygen atoms in total. The number of carbonyl (C=O) groups is 1. The molecule has 1 N–H and O–H groups in total. The average Bonchev–Trinajstić information content (AvgIpc) is 2.86. The number of pyridine rings is 2. The van der Waals surface area contributed by atoms with Gasteiger partial charge in [0.05, 0.1) is 22.2 Å². The van der Waals surface area contributed by atoms with E-state index in [1.807, 2.05) is 6.07 Å². The number of aromatic nitrogens is 2. The molecular weight excluding hydrogens is 620 g/mol. The summed E-state index contributed by atoms with van der Waals surface area (Å²) in [6.45, 7) is 3.02. The summed E-state index contributed by atoms with van der Waals surface area (Å²) in [7, 11) is 0. The Bertz CT molecular complexity index is 1260. The second-order valence-corrected chi connectivity index (χ2v) is 10.1. The molecule has 0 aliphatic carbocycles. The maximum absolute atomic E-state index is 13.3. The van der Waals surface area contributed by atoms with Gasteiger partial charge in [0.1, 0.15) is 0 Å². The third kappa shape index (κ3) is 7.79. The van der Waals surface area contributed by atoms with Gasteiger partial charge in [0.2, 0.25) is 5.88 Å². The van der Waals surface area contributed by atoms with Crippen LogP contribution in [-0.2, 0) is 17.4 Å². The zero-order valence-corrected chi connectivity index (χ0v) is 22.8. The lowest BCUT2D eigenvalue weighted by atomic mass is 9.87. The third-order valence-electron chi connectivity index (χ3n) is 5.60. The second kappa shape index (κ2) is 12.1. The summed E-state index contributed by atoms with van der Waals surface area (Å²) >= 11 is 8.15. The van der Waals surface area contributed by atoms with E-state index >= 15 is 0 Å². The molecule has 0 aliphatic rings. The first-order valence-electron chi connectivity index (χ1n) is 11.1. The van der Waals surface area contributed by atoms with Crippen molar-refractivity contribution in [1.29, 1.82) is 5.26 Å². The molecular formula is C26H23ClF3IN4O2. The van der Waals surface area contributed by atoms with Crippen LogP contribution in [0.1, 0.15) is 42.1 Å². The van der Waals surface area contributed by atoms with Crippen molar-refractivity contribution in [3.63, 3.8) is 0 Å². The first kappa shape index (κ1) is 28.7. The Morgan fingerprint density at radius 2 is 1.92 bits per heavy atom. The van der Waals surface area contributed by atoms with Crippen LogP contribution >= 0.6 is 34.2 Å². The quantitative estimate of drug-likeness (QED) is 0.224. The van der Waals surface area contributed by atoms with Gasteiger partial charge in [-0.05, 0) is 56.2 Å². The van der Waals surface area contributed by atoms with Crippen LogP contribution in [0.5, 0.6) is 5.88 Å². The Balaban J connectivity index is 1.83. The number of nitrogens with one attached hydrogen (secondary N) is 1. The number of benzene rings is 1. The maximum atomic E-state index is 13.3. The molecule has 194 valence electrons. The van der Waals surface area contributed by atoms with Crippen molar-refractivity contribution in [2.75, 3.05) is 4.43 Å². The zero-order valence-electron chi connectivity index (χ0n) is 19.9. The highest BCUT2D eigenvalue weighted by Gasteiger charge is 2.35. The van der Waals surface area contributed by atoms with E-state index in [1.54, 1.807) is 36.5 Å². The van der Waals surface area contributed by atoms with Gasteiger partial charge in [-0.25, -0.2) is 4.98 Å². The Morgan fingerprint density at radius 3 is 2.49 bits per heavy atom. The number of hydrogen-bond donors (Lipinski definition) is 1. The lowest BCUT2D eigenvalue weighted by Gasteiger charge is -2.31. The molecule has 0 bridgehead atoms. The number of carbonyl (C=O) groups excluding carboxylic acids is 1. The van der Waals surface area contributed by atoms with E-state index in [9.17, 15) is 23.2 Å². The highest BCUT2D eigenvalue weighted by molar-refractivity contribution is 14.1. The third-order valence-corrected chi connectivity index (χ3v) is 6.77. The molecule has 2 heterocycles. The number of ether oxygens (including phenoxy) is 1. The summed E-state index contributed by atoms with van der Waals surface area (Å²) in [5, 5.41) is 12.9. The van der Waals surface area contributed by atoms with Gasteiger partial charge in [0, 0.05) is 40.5 Å². The Labute approximate surface area is 231 Å². The van der Waals surface area contributed by atoms with E-state index in [4.69, 9.17) is 16.3 Å². The minimum atomic E-state index is -4.53. The fourth-order valence-corrected chi connectivity index (χ4v) is 4.53. The van der Waals surface area contributed by atoms with Crippen molar-refractivity contribution in [1.82, 2.24) is 15.3 Å². The Morgan fingerprint density at radius 1 is 1.16 bits per heavy atom. The van der Waals surface area contributed by atoms with Crippen LogP contribution in [0.3, 0.4) is 0 Å². The van der Waals surface area contributed by atoms with Crippen LogP contribution in [0, 0.1) is 11.3 Å². The SMILES string of the molecule is CC(C)(Oc1ccc(C(F)(F)F)cn1)C(=O)NC(CI)C(Cc1ccc(Cl)cn1)c1cccc(C#N)c1. The number of halogens is 5. The standard InChI is InChI=1S/C26H23ClF3IN4O2/c1-25(2,37-23-9-6-18(14-34-23)26(28,29)30)24(36)35-22(12-31)21(11-20-8-7-19(27)15-33-20)17-5-3-4-16(10-17)13-32/h3-10,14-15,21-22H,11-12H2,1-2H3,(H,35,36). The number of hydrogen-bond acceptors (Lipinski definition) is 5. The molecule has 0 saturated heterocycles. The second-order valence-electron chi connectivity index (χ2n) is 8.75. The van der Waals surface area contributed by atoms with E-state index in [1.165, 1.54) is 13.8 Å². The summed E-state index contributed by atoms with van der Waals surface area (Å²) in [4.78, 5) is 21.4. The van der Waals surface area contributed by atoms with E-state index in [2.05, 4.69) is 43.9 Å². The zero-order chi connectivity index (χ0) is 27.2. The minimum Gasteiger partial charge on any atom is -0.462 e. The molecule has 0 aliphatic heterocycles. The highest BCUT2D eigenvalue weighted by atomic mass is 127. The molecule has 0 radical (unpaired) electrons. The summed E-state index contributed by atoms with van der Waals surface area (Å²) in [5.41, 5.74) is -0.257. The first-order valence-corrected chi connectivity index (χ1v) is 13.0. The van der Waals surface area contributed by atoms with Gasteiger partial charge in [-0.3, -0.25) is 9.78 Å². The van der Waals surface area contributed by atoms with Crippen molar-refractivity contribution < 1.29 is 22.7 Å². The summed E-state index contributed by atoms with van der Waals surface area (Å²) in [6, 6.07) is 14.4. The molecule has 2 aromatic heterocycles. The van der Waals surface area contributed by atoms with Crippen molar-refractivity contribution in [3.8, 4) is 11.9 Å². The molecule has 37 heavy (non-hydrogen) atoms. The summed E-state index contributed by atoms with van der Waals surface area (Å²) in [5.74, 6) is -0.827. The normalized spacial score (nSPS) is 13.4. The lowest BCUT2D eigenvalue weighted by molar-refractivity contribution is -0.138. The van der Waals surface area contributed by atoms with Gasteiger partial charge in [0.25, 0.3) is 5.91 Å².